The fourth-order valence-electron chi connectivity index (χ4n) is 2.31. The van der Waals surface area contributed by atoms with E-state index in [2.05, 4.69) is 16.0 Å². The summed E-state index contributed by atoms with van der Waals surface area (Å²) < 4.78 is 0. The van der Waals surface area contributed by atoms with Gasteiger partial charge in [-0.2, -0.15) is 0 Å². The molecule has 2 aromatic rings. The number of carbonyl (C=O) groups is 2. The van der Waals surface area contributed by atoms with E-state index in [0.29, 0.717) is 16.8 Å². The zero-order valence-corrected chi connectivity index (χ0v) is 17.6. The number of non-ortho nitro benzene ring substituents is 1. The number of nitro benzene ring substituents is 1. The van der Waals surface area contributed by atoms with Crippen LogP contribution in [-0.4, -0.2) is 27.4 Å². The summed E-state index contributed by atoms with van der Waals surface area (Å²) >= 11 is 5.11. The van der Waals surface area contributed by atoms with Crippen LogP contribution in [0.25, 0.3) is 6.08 Å². The maximum atomic E-state index is 12.1. The van der Waals surface area contributed by atoms with Crippen molar-refractivity contribution in [3.8, 4) is 0 Å². The molecule has 9 heteroatoms. The molecule has 0 aromatic heterocycles. The maximum Gasteiger partial charge on any atom is 0.269 e. The Morgan fingerprint density at radius 2 is 1.63 bits per heavy atom. The number of nitrogens with one attached hydrogen (secondary N) is 3. The van der Waals surface area contributed by atoms with Gasteiger partial charge >= 0.3 is 0 Å². The summed E-state index contributed by atoms with van der Waals surface area (Å²) in [5.74, 6) is -0.631. The van der Waals surface area contributed by atoms with Crippen molar-refractivity contribution in [3.05, 3.63) is 75.8 Å². The van der Waals surface area contributed by atoms with Crippen molar-refractivity contribution < 1.29 is 14.5 Å². The van der Waals surface area contributed by atoms with Crippen LogP contribution in [0.1, 0.15) is 36.7 Å². The van der Waals surface area contributed by atoms with Crippen LogP contribution in [-0.2, 0) is 4.79 Å². The zero-order chi connectivity index (χ0) is 22.3. The van der Waals surface area contributed by atoms with Crippen LogP contribution in [0.2, 0.25) is 0 Å². The standard InChI is InChI=1S/C21H22N4O4S/c1-21(2,3)24-19(27)15-7-9-16(10-8-15)22-20(30)23-18(26)13-6-14-4-11-17(12-5-14)25(28)29/h4-13H,1-3H3,(H,24,27)(H2,22,23,26,30)/b13-6+. The average molecular weight is 426 g/mol. The fraction of sp³-hybridized carbons (Fsp3) is 0.190. The maximum absolute atomic E-state index is 12.1. The third kappa shape index (κ3) is 7.44. The lowest BCUT2D eigenvalue weighted by atomic mass is 10.1. The number of hydrogen-bond acceptors (Lipinski definition) is 5. The van der Waals surface area contributed by atoms with Crippen LogP contribution in [0, 0.1) is 10.1 Å². The molecule has 0 aliphatic heterocycles. The third-order valence-corrected chi connectivity index (χ3v) is 3.87. The molecule has 2 aromatic carbocycles. The highest BCUT2D eigenvalue weighted by molar-refractivity contribution is 7.80. The quantitative estimate of drug-likeness (QED) is 0.291. The number of nitrogens with zero attached hydrogens (tertiary/aromatic N) is 1. The monoisotopic (exact) mass is 426 g/mol. The predicted molar refractivity (Wildman–Crippen MR) is 120 cm³/mol. The zero-order valence-electron chi connectivity index (χ0n) is 16.8. The molecule has 2 rings (SSSR count). The summed E-state index contributed by atoms with van der Waals surface area (Å²) in [5.41, 5.74) is 1.41. The first-order valence-electron chi connectivity index (χ1n) is 9.00. The van der Waals surface area contributed by atoms with Crippen LogP contribution in [0.3, 0.4) is 0 Å². The molecule has 156 valence electrons. The van der Waals surface area contributed by atoms with Gasteiger partial charge in [-0.15, -0.1) is 0 Å². The molecule has 0 bridgehead atoms. The summed E-state index contributed by atoms with van der Waals surface area (Å²) in [6.45, 7) is 5.70. The summed E-state index contributed by atoms with van der Waals surface area (Å²) in [6, 6.07) is 12.5. The van der Waals surface area contributed by atoms with Crippen molar-refractivity contribution in [2.75, 3.05) is 5.32 Å². The summed E-state index contributed by atoms with van der Waals surface area (Å²) in [5, 5.41) is 19.0. The molecular weight excluding hydrogens is 404 g/mol. The molecule has 0 spiro atoms. The minimum absolute atomic E-state index is 0.0242. The Balaban J connectivity index is 1.88. The van der Waals surface area contributed by atoms with E-state index in [9.17, 15) is 19.7 Å². The first-order chi connectivity index (χ1) is 14.0. The number of carbonyl (C=O) groups excluding carboxylic acids is 2. The Hall–Kier alpha value is -3.59. The van der Waals surface area contributed by atoms with E-state index in [1.54, 1.807) is 24.3 Å². The molecule has 0 fully saturated rings. The molecule has 30 heavy (non-hydrogen) atoms. The molecule has 0 aliphatic rings. The Morgan fingerprint density at radius 3 is 2.17 bits per heavy atom. The number of benzene rings is 2. The number of nitro groups is 1. The predicted octanol–water partition coefficient (Wildman–Crippen LogP) is 3.65. The highest BCUT2D eigenvalue weighted by Gasteiger charge is 2.15. The van der Waals surface area contributed by atoms with Crippen molar-refractivity contribution in [1.82, 2.24) is 10.6 Å². The van der Waals surface area contributed by atoms with Gasteiger partial charge in [0.1, 0.15) is 0 Å². The van der Waals surface area contributed by atoms with Gasteiger partial charge in [0.15, 0.2) is 5.11 Å². The molecular formula is C21H22N4O4S. The van der Waals surface area contributed by atoms with E-state index in [1.807, 2.05) is 20.8 Å². The molecule has 0 saturated carbocycles. The lowest BCUT2D eigenvalue weighted by Crippen LogP contribution is -2.40. The topological polar surface area (TPSA) is 113 Å². The van der Waals surface area contributed by atoms with Crippen molar-refractivity contribution in [2.24, 2.45) is 0 Å². The third-order valence-electron chi connectivity index (χ3n) is 3.66. The molecule has 0 radical (unpaired) electrons. The van der Waals surface area contributed by atoms with Gasteiger partial charge in [0.25, 0.3) is 11.6 Å². The van der Waals surface area contributed by atoms with Crippen LogP contribution in [0.4, 0.5) is 11.4 Å². The first-order valence-corrected chi connectivity index (χ1v) is 9.41. The summed E-state index contributed by atoms with van der Waals surface area (Å²) in [7, 11) is 0. The highest BCUT2D eigenvalue weighted by Crippen LogP contribution is 2.13. The van der Waals surface area contributed by atoms with Crippen molar-refractivity contribution in [3.63, 3.8) is 0 Å². The largest absolute Gasteiger partial charge is 0.347 e. The van der Waals surface area contributed by atoms with Crippen molar-refractivity contribution in [1.29, 1.82) is 0 Å². The van der Waals surface area contributed by atoms with Gasteiger partial charge in [0.05, 0.1) is 4.92 Å². The van der Waals surface area contributed by atoms with Gasteiger partial charge in [-0.25, -0.2) is 0 Å². The Labute approximate surface area is 179 Å². The molecule has 8 nitrogen and oxygen atoms in total. The highest BCUT2D eigenvalue weighted by atomic mass is 32.1. The van der Waals surface area contributed by atoms with Gasteiger partial charge in [0.2, 0.25) is 5.91 Å². The van der Waals surface area contributed by atoms with Crippen LogP contribution >= 0.6 is 12.2 Å². The Morgan fingerprint density at radius 1 is 1.03 bits per heavy atom. The van der Waals surface area contributed by atoms with E-state index in [0.717, 1.165) is 0 Å². The van der Waals surface area contributed by atoms with Crippen LogP contribution in [0.15, 0.2) is 54.6 Å². The van der Waals surface area contributed by atoms with Gasteiger partial charge in [-0.05, 0) is 81.0 Å². The van der Waals surface area contributed by atoms with E-state index >= 15 is 0 Å². The second-order valence-corrected chi connectivity index (χ2v) is 7.82. The second kappa shape index (κ2) is 9.75. The van der Waals surface area contributed by atoms with Crippen molar-refractivity contribution in [2.45, 2.75) is 26.3 Å². The number of thiocarbonyl (C=S) groups is 1. The Bertz CT molecular complexity index is 978. The van der Waals surface area contributed by atoms with E-state index in [4.69, 9.17) is 12.2 Å². The minimum Gasteiger partial charge on any atom is -0.347 e. The number of anilines is 1. The fourth-order valence-corrected chi connectivity index (χ4v) is 2.53. The molecule has 0 unspecified atom stereocenters. The molecule has 0 saturated heterocycles. The second-order valence-electron chi connectivity index (χ2n) is 7.41. The number of rotatable bonds is 5. The van der Waals surface area contributed by atoms with E-state index < -0.39 is 10.8 Å². The minimum atomic E-state index is -0.492. The molecule has 2 amide bonds. The number of hydrogen-bond donors (Lipinski definition) is 3. The summed E-state index contributed by atoms with van der Waals surface area (Å²) in [6.07, 6.45) is 2.79. The van der Waals surface area contributed by atoms with E-state index in [-0.39, 0.29) is 22.2 Å². The SMILES string of the molecule is CC(C)(C)NC(=O)c1ccc(NC(=S)NC(=O)/C=C/c2ccc([N+](=O)[O-])cc2)cc1. The van der Waals surface area contributed by atoms with Crippen LogP contribution < -0.4 is 16.0 Å². The van der Waals surface area contributed by atoms with Crippen molar-refractivity contribution >= 4 is 46.6 Å². The molecule has 0 atom stereocenters. The van der Waals surface area contributed by atoms with E-state index in [1.165, 1.54) is 36.4 Å². The first kappa shape index (κ1) is 22.7. The lowest BCUT2D eigenvalue weighted by Gasteiger charge is -2.20. The molecule has 0 heterocycles. The van der Waals surface area contributed by atoms with Gasteiger partial charge < -0.3 is 10.6 Å². The average Bonchev–Trinajstić information content (AvgIpc) is 2.65. The lowest BCUT2D eigenvalue weighted by molar-refractivity contribution is -0.384. The van der Waals surface area contributed by atoms with Gasteiger partial charge in [-0.3, -0.25) is 25.0 Å². The smallest absolute Gasteiger partial charge is 0.269 e. The van der Waals surface area contributed by atoms with Gasteiger partial charge in [0, 0.05) is 35.0 Å². The molecule has 3 N–H and O–H groups in total. The Kier molecular flexibility index (Phi) is 7.38. The summed E-state index contributed by atoms with van der Waals surface area (Å²) in [4.78, 5) is 34.3. The molecule has 0 aliphatic carbocycles. The van der Waals surface area contributed by atoms with Gasteiger partial charge in [-0.1, -0.05) is 0 Å². The van der Waals surface area contributed by atoms with Crippen LogP contribution in [0.5, 0.6) is 0 Å². The number of amides is 2. The normalized spacial score (nSPS) is 11.0.